The summed E-state index contributed by atoms with van der Waals surface area (Å²) in [5, 5.41) is 3.56. The lowest BCUT2D eigenvalue weighted by Gasteiger charge is -2.23. The van der Waals surface area contributed by atoms with Crippen LogP contribution >= 0.6 is 11.3 Å². The average molecular weight is 338 g/mol. The smallest absolute Gasteiger partial charge is 0.280 e. The normalized spacial score (nSPS) is 21.7. The van der Waals surface area contributed by atoms with Crippen LogP contribution in [0.5, 0.6) is 0 Å². The van der Waals surface area contributed by atoms with Crippen molar-refractivity contribution in [2.45, 2.75) is 26.2 Å². The van der Waals surface area contributed by atoms with Gasteiger partial charge in [0.25, 0.3) is 11.8 Å². The molecule has 2 aliphatic rings. The predicted molar refractivity (Wildman–Crippen MR) is 89.0 cm³/mol. The lowest BCUT2D eigenvalue weighted by Crippen LogP contribution is -3.15. The molecule has 0 unspecified atom stereocenters. The molecule has 1 aliphatic carbocycles. The first kappa shape index (κ1) is 16.4. The second kappa shape index (κ2) is 6.98. The van der Waals surface area contributed by atoms with Gasteiger partial charge in [-0.15, -0.1) is 11.3 Å². The summed E-state index contributed by atoms with van der Waals surface area (Å²) in [5.74, 6) is 0.116. The SMILES string of the molecule is C[C@@H]1CCc2c(sc(NC(=O)C[NH+]3CCOCC3)c2C(N)=O)C1. The van der Waals surface area contributed by atoms with E-state index in [0.717, 1.165) is 37.9 Å². The summed E-state index contributed by atoms with van der Waals surface area (Å²) in [7, 11) is 0. The first-order valence-corrected chi connectivity index (χ1v) is 9.01. The fourth-order valence-corrected chi connectivity index (χ4v) is 4.77. The number of nitrogens with one attached hydrogen (secondary N) is 2. The van der Waals surface area contributed by atoms with E-state index in [4.69, 9.17) is 10.5 Å². The van der Waals surface area contributed by atoms with Crippen LogP contribution in [0, 0.1) is 5.92 Å². The van der Waals surface area contributed by atoms with E-state index in [0.29, 0.717) is 36.2 Å². The number of hydrogen-bond donors (Lipinski definition) is 3. The van der Waals surface area contributed by atoms with E-state index >= 15 is 0 Å². The van der Waals surface area contributed by atoms with Crippen LogP contribution in [0.25, 0.3) is 0 Å². The van der Waals surface area contributed by atoms with Gasteiger partial charge in [-0.25, -0.2) is 0 Å². The van der Waals surface area contributed by atoms with Crippen LogP contribution in [0.4, 0.5) is 5.00 Å². The number of nitrogens with two attached hydrogens (primary N) is 1. The third-order valence-corrected chi connectivity index (χ3v) is 5.79. The van der Waals surface area contributed by atoms with Crippen LogP contribution in [0.1, 0.15) is 34.1 Å². The van der Waals surface area contributed by atoms with Gasteiger partial charge in [-0.2, -0.15) is 0 Å². The van der Waals surface area contributed by atoms with Gasteiger partial charge >= 0.3 is 0 Å². The van der Waals surface area contributed by atoms with Crippen LogP contribution in [0.15, 0.2) is 0 Å². The molecule has 1 atom stereocenters. The second-order valence-corrected chi connectivity index (χ2v) is 7.61. The summed E-state index contributed by atoms with van der Waals surface area (Å²) in [4.78, 5) is 26.6. The van der Waals surface area contributed by atoms with E-state index in [9.17, 15) is 9.59 Å². The maximum absolute atomic E-state index is 12.3. The zero-order chi connectivity index (χ0) is 16.4. The van der Waals surface area contributed by atoms with E-state index < -0.39 is 5.91 Å². The Balaban J connectivity index is 1.74. The zero-order valence-corrected chi connectivity index (χ0v) is 14.3. The van der Waals surface area contributed by atoms with E-state index in [2.05, 4.69) is 12.2 Å². The summed E-state index contributed by atoms with van der Waals surface area (Å²) in [6.07, 6.45) is 2.90. The quantitative estimate of drug-likeness (QED) is 0.712. The molecule has 1 aromatic heterocycles. The summed E-state index contributed by atoms with van der Waals surface area (Å²) in [5.41, 5.74) is 7.15. The minimum absolute atomic E-state index is 0.0592. The number of fused-ring (bicyclic) bond motifs is 1. The molecule has 126 valence electrons. The highest BCUT2D eigenvalue weighted by Gasteiger charge is 2.28. The maximum Gasteiger partial charge on any atom is 0.280 e. The zero-order valence-electron chi connectivity index (χ0n) is 13.4. The number of amides is 2. The molecular formula is C16H24N3O3S+. The average Bonchev–Trinajstić information content (AvgIpc) is 2.84. The van der Waals surface area contributed by atoms with Crippen LogP contribution in [-0.4, -0.2) is 44.7 Å². The van der Waals surface area contributed by atoms with E-state index in [1.54, 1.807) is 0 Å². The molecule has 3 rings (SSSR count). The molecule has 7 heteroatoms. The number of carbonyl (C=O) groups excluding carboxylic acids is 2. The molecule has 1 aliphatic heterocycles. The Hall–Kier alpha value is -1.44. The molecule has 4 N–H and O–H groups in total. The van der Waals surface area contributed by atoms with Gasteiger partial charge in [0.15, 0.2) is 6.54 Å². The molecule has 1 aromatic rings. The molecule has 0 aromatic carbocycles. The number of thiophene rings is 1. The number of hydrogen-bond acceptors (Lipinski definition) is 4. The van der Waals surface area contributed by atoms with Crippen molar-refractivity contribution in [1.29, 1.82) is 0 Å². The molecule has 0 bridgehead atoms. The molecule has 0 spiro atoms. The van der Waals surface area contributed by atoms with Crippen LogP contribution in [0.3, 0.4) is 0 Å². The number of anilines is 1. The minimum Gasteiger partial charge on any atom is -0.370 e. The molecule has 1 saturated heterocycles. The van der Waals surface area contributed by atoms with Crippen molar-refractivity contribution < 1.29 is 19.2 Å². The Morgan fingerprint density at radius 1 is 1.39 bits per heavy atom. The van der Waals surface area contributed by atoms with E-state index in [1.807, 2.05) is 0 Å². The molecule has 2 amide bonds. The minimum atomic E-state index is -0.439. The fourth-order valence-electron chi connectivity index (χ4n) is 3.33. The topological polar surface area (TPSA) is 85.9 Å². The Morgan fingerprint density at radius 2 is 2.13 bits per heavy atom. The Kier molecular flexibility index (Phi) is 4.99. The summed E-state index contributed by atoms with van der Waals surface area (Å²) < 4.78 is 5.30. The Labute approximate surface area is 140 Å². The lowest BCUT2D eigenvalue weighted by molar-refractivity contribution is -0.899. The molecule has 0 saturated carbocycles. The van der Waals surface area contributed by atoms with Crippen molar-refractivity contribution in [3.05, 3.63) is 16.0 Å². The number of morpholine rings is 1. The third kappa shape index (κ3) is 3.73. The number of ether oxygens (including phenoxy) is 1. The van der Waals surface area contributed by atoms with Crippen molar-refractivity contribution in [1.82, 2.24) is 0 Å². The predicted octanol–water partition coefficient (Wildman–Crippen LogP) is -0.175. The molecule has 1 fully saturated rings. The lowest BCUT2D eigenvalue weighted by atomic mass is 9.88. The van der Waals surface area contributed by atoms with Gasteiger partial charge in [-0.1, -0.05) is 6.92 Å². The molecule has 2 heterocycles. The van der Waals surface area contributed by atoms with Crippen LogP contribution in [0.2, 0.25) is 0 Å². The summed E-state index contributed by atoms with van der Waals surface area (Å²) >= 11 is 1.52. The van der Waals surface area contributed by atoms with Crippen LogP contribution in [-0.2, 0) is 22.4 Å². The van der Waals surface area contributed by atoms with Gasteiger partial charge in [0.1, 0.15) is 18.1 Å². The highest BCUT2D eigenvalue weighted by Crippen LogP contribution is 2.39. The van der Waals surface area contributed by atoms with Gasteiger partial charge in [0.2, 0.25) is 0 Å². The standard InChI is InChI=1S/C16H23N3O3S/c1-10-2-3-11-12(8-10)23-16(14(11)15(17)21)18-13(20)9-19-4-6-22-7-5-19/h10H,2-9H2,1H3,(H2,17,21)(H,18,20)/p+1/t10-/m1/s1. The summed E-state index contributed by atoms with van der Waals surface area (Å²) in [6.45, 7) is 5.69. The largest absolute Gasteiger partial charge is 0.370 e. The highest BCUT2D eigenvalue weighted by atomic mass is 32.1. The summed E-state index contributed by atoms with van der Waals surface area (Å²) in [6, 6.07) is 0. The van der Waals surface area contributed by atoms with Crippen LogP contribution < -0.4 is 16.0 Å². The van der Waals surface area contributed by atoms with Crippen molar-refractivity contribution in [2.24, 2.45) is 11.7 Å². The fraction of sp³-hybridized carbons (Fsp3) is 0.625. The molecule has 6 nitrogen and oxygen atoms in total. The highest BCUT2D eigenvalue weighted by molar-refractivity contribution is 7.17. The first-order valence-electron chi connectivity index (χ1n) is 8.20. The molecule has 23 heavy (non-hydrogen) atoms. The Morgan fingerprint density at radius 3 is 2.83 bits per heavy atom. The first-order chi connectivity index (χ1) is 11.0. The number of rotatable bonds is 4. The molecule has 0 radical (unpaired) electrons. The van der Waals surface area contributed by atoms with Gasteiger partial charge in [0, 0.05) is 4.88 Å². The number of carbonyl (C=O) groups is 2. The second-order valence-electron chi connectivity index (χ2n) is 6.51. The van der Waals surface area contributed by atoms with Gasteiger partial charge < -0.3 is 20.7 Å². The number of primary amides is 1. The van der Waals surface area contributed by atoms with E-state index in [1.165, 1.54) is 21.1 Å². The van der Waals surface area contributed by atoms with Gasteiger partial charge in [-0.3, -0.25) is 9.59 Å². The van der Waals surface area contributed by atoms with Crippen molar-refractivity contribution in [3.63, 3.8) is 0 Å². The monoisotopic (exact) mass is 338 g/mol. The maximum atomic E-state index is 12.3. The third-order valence-electron chi connectivity index (χ3n) is 4.62. The number of quaternary nitrogens is 1. The van der Waals surface area contributed by atoms with E-state index in [-0.39, 0.29) is 5.91 Å². The van der Waals surface area contributed by atoms with Gasteiger partial charge in [0.05, 0.1) is 18.8 Å². The van der Waals surface area contributed by atoms with Gasteiger partial charge in [-0.05, 0) is 30.7 Å². The van der Waals surface area contributed by atoms with Crippen molar-refractivity contribution in [3.8, 4) is 0 Å². The Bertz CT molecular complexity index is 608. The molecular weight excluding hydrogens is 314 g/mol. The van der Waals surface area contributed by atoms with Crippen molar-refractivity contribution >= 4 is 28.2 Å². The van der Waals surface area contributed by atoms with Crippen molar-refractivity contribution in [2.75, 3.05) is 38.2 Å².